The van der Waals surface area contributed by atoms with Crippen LogP contribution in [0.25, 0.3) is 0 Å². The third-order valence-electron chi connectivity index (χ3n) is 3.55. The average molecular weight is 264 g/mol. The van der Waals surface area contributed by atoms with Crippen molar-refractivity contribution in [1.82, 2.24) is 5.32 Å². The summed E-state index contributed by atoms with van der Waals surface area (Å²) in [7, 11) is 1.52. The molecule has 1 aromatic carbocycles. The minimum Gasteiger partial charge on any atom is -0.496 e. The summed E-state index contributed by atoms with van der Waals surface area (Å²) in [6, 6.07) is 5.47. The lowest BCUT2D eigenvalue weighted by molar-refractivity contribution is -0.385. The normalized spacial score (nSPS) is 21.2. The monoisotopic (exact) mass is 264 g/mol. The van der Waals surface area contributed by atoms with Gasteiger partial charge in [0.1, 0.15) is 5.75 Å². The molecule has 19 heavy (non-hydrogen) atoms. The number of methoxy groups -OCH3 is 1. The molecule has 0 aliphatic heterocycles. The van der Waals surface area contributed by atoms with E-state index in [1.807, 2.05) is 6.07 Å². The molecule has 1 aliphatic carbocycles. The van der Waals surface area contributed by atoms with E-state index in [0.29, 0.717) is 18.3 Å². The van der Waals surface area contributed by atoms with Crippen molar-refractivity contribution in [3.8, 4) is 5.75 Å². The highest BCUT2D eigenvalue weighted by molar-refractivity contribution is 5.42. The Hall–Kier alpha value is -1.62. The molecule has 2 atom stereocenters. The molecule has 1 N–H and O–H groups in total. The van der Waals surface area contributed by atoms with Crippen LogP contribution in [0.1, 0.15) is 31.7 Å². The maximum atomic E-state index is 10.8. The summed E-state index contributed by atoms with van der Waals surface area (Å²) >= 11 is 0. The van der Waals surface area contributed by atoms with Crippen LogP contribution in [-0.2, 0) is 6.54 Å². The molecule has 5 heteroatoms. The van der Waals surface area contributed by atoms with Crippen LogP contribution >= 0.6 is 0 Å². The maximum Gasteiger partial charge on any atom is 0.273 e. The van der Waals surface area contributed by atoms with Gasteiger partial charge in [-0.3, -0.25) is 10.1 Å². The molecule has 2 rings (SSSR count). The lowest BCUT2D eigenvalue weighted by atomic mass is 10.2. The summed E-state index contributed by atoms with van der Waals surface area (Å²) in [6.45, 7) is 2.85. The Balaban J connectivity index is 1.96. The molecule has 0 heterocycles. The SMILES string of the molecule is CCCC1CC1NCc1cc(OC)cc([N+](=O)[O-])c1. The zero-order chi connectivity index (χ0) is 13.8. The Morgan fingerprint density at radius 3 is 2.89 bits per heavy atom. The first-order chi connectivity index (χ1) is 9.13. The predicted molar refractivity (Wildman–Crippen MR) is 73.3 cm³/mol. The Morgan fingerprint density at radius 2 is 2.26 bits per heavy atom. The highest BCUT2D eigenvalue weighted by Crippen LogP contribution is 2.35. The summed E-state index contributed by atoms with van der Waals surface area (Å²) in [6.07, 6.45) is 3.70. The van der Waals surface area contributed by atoms with Gasteiger partial charge in [-0.25, -0.2) is 0 Å². The quantitative estimate of drug-likeness (QED) is 0.607. The van der Waals surface area contributed by atoms with Crippen LogP contribution in [0.4, 0.5) is 5.69 Å². The second kappa shape index (κ2) is 6.02. The molecule has 1 aromatic rings. The first-order valence-electron chi connectivity index (χ1n) is 6.69. The average Bonchev–Trinajstić information content (AvgIpc) is 3.15. The smallest absolute Gasteiger partial charge is 0.273 e. The number of nitrogens with zero attached hydrogens (tertiary/aromatic N) is 1. The van der Waals surface area contributed by atoms with Crippen LogP contribution in [0.3, 0.4) is 0 Å². The summed E-state index contributed by atoms with van der Waals surface area (Å²) < 4.78 is 5.10. The number of nitro benzene ring substituents is 1. The Morgan fingerprint density at radius 1 is 1.47 bits per heavy atom. The van der Waals surface area contributed by atoms with Gasteiger partial charge < -0.3 is 10.1 Å². The van der Waals surface area contributed by atoms with Crippen LogP contribution in [0, 0.1) is 16.0 Å². The molecule has 0 bridgehead atoms. The van der Waals surface area contributed by atoms with E-state index in [1.54, 1.807) is 6.07 Å². The van der Waals surface area contributed by atoms with Gasteiger partial charge in [0.25, 0.3) is 5.69 Å². The van der Waals surface area contributed by atoms with E-state index in [4.69, 9.17) is 4.74 Å². The lowest BCUT2D eigenvalue weighted by Gasteiger charge is -2.07. The molecule has 0 aromatic heterocycles. The number of non-ortho nitro benzene ring substituents is 1. The number of rotatable bonds is 7. The first-order valence-corrected chi connectivity index (χ1v) is 6.69. The summed E-state index contributed by atoms with van der Waals surface area (Å²) in [4.78, 5) is 10.5. The fraction of sp³-hybridized carbons (Fsp3) is 0.571. The van der Waals surface area contributed by atoms with Gasteiger partial charge in [0.15, 0.2) is 0 Å². The topological polar surface area (TPSA) is 64.4 Å². The molecule has 0 saturated heterocycles. The predicted octanol–water partition coefficient (Wildman–Crippen LogP) is 2.88. The number of hydrogen-bond acceptors (Lipinski definition) is 4. The Bertz CT molecular complexity index is 462. The van der Waals surface area contributed by atoms with E-state index >= 15 is 0 Å². The summed E-state index contributed by atoms with van der Waals surface area (Å²) in [5, 5.41) is 14.3. The van der Waals surface area contributed by atoms with Crippen molar-refractivity contribution in [3.63, 3.8) is 0 Å². The zero-order valence-electron chi connectivity index (χ0n) is 11.4. The number of ether oxygens (including phenoxy) is 1. The van der Waals surface area contributed by atoms with Crippen molar-refractivity contribution in [2.45, 2.75) is 38.8 Å². The highest BCUT2D eigenvalue weighted by Gasteiger charge is 2.35. The van der Waals surface area contributed by atoms with Crippen molar-refractivity contribution >= 4 is 5.69 Å². The molecule has 0 radical (unpaired) electrons. The Kier molecular flexibility index (Phi) is 4.37. The molecular formula is C14H20N2O3. The molecule has 0 spiro atoms. The van der Waals surface area contributed by atoms with Crippen molar-refractivity contribution < 1.29 is 9.66 Å². The van der Waals surface area contributed by atoms with Crippen LogP contribution in [-0.4, -0.2) is 18.1 Å². The standard InChI is InChI=1S/C14H20N2O3/c1-3-4-11-7-14(11)15-9-10-5-12(16(17)18)8-13(6-10)19-2/h5-6,8,11,14-15H,3-4,7,9H2,1-2H3. The fourth-order valence-electron chi connectivity index (χ4n) is 2.41. The molecule has 1 fully saturated rings. The van der Waals surface area contributed by atoms with Gasteiger partial charge in [-0.1, -0.05) is 13.3 Å². The molecule has 5 nitrogen and oxygen atoms in total. The van der Waals surface area contributed by atoms with E-state index in [1.165, 1.54) is 32.4 Å². The van der Waals surface area contributed by atoms with E-state index in [0.717, 1.165) is 11.5 Å². The number of nitro groups is 1. The molecule has 0 amide bonds. The van der Waals surface area contributed by atoms with E-state index in [-0.39, 0.29) is 10.6 Å². The highest BCUT2D eigenvalue weighted by atomic mass is 16.6. The van der Waals surface area contributed by atoms with E-state index in [2.05, 4.69) is 12.2 Å². The second-order valence-corrected chi connectivity index (χ2v) is 5.07. The van der Waals surface area contributed by atoms with Crippen LogP contribution in [0.2, 0.25) is 0 Å². The summed E-state index contributed by atoms with van der Waals surface area (Å²) in [5.74, 6) is 1.32. The van der Waals surface area contributed by atoms with Crippen LogP contribution in [0.5, 0.6) is 5.75 Å². The molecule has 1 saturated carbocycles. The van der Waals surface area contributed by atoms with Crippen molar-refractivity contribution in [2.75, 3.05) is 7.11 Å². The van der Waals surface area contributed by atoms with Crippen molar-refractivity contribution in [1.29, 1.82) is 0 Å². The third kappa shape index (κ3) is 3.67. The van der Waals surface area contributed by atoms with Gasteiger partial charge >= 0.3 is 0 Å². The van der Waals surface area contributed by atoms with Gasteiger partial charge in [-0.15, -0.1) is 0 Å². The van der Waals surface area contributed by atoms with Crippen molar-refractivity contribution in [3.05, 3.63) is 33.9 Å². The molecular weight excluding hydrogens is 244 g/mol. The zero-order valence-corrected chi connectivity index (χ0v) is 11.4. The van der Waals surface area contributed by atoms with Crippen molar-refractivity contribution in [2.24, 2.45) is 5.92 Å². The Labute approximate surface area is 113 Å². The number of nitrogens with one attached hydrogen (secondary N) is 1. The fourth-order valence-corrected chi connectivity index (χ4v) is 2.41. The second-order valence-electron chi connectivity index (χ2n) is 5.07. The largest absolute Gasteiger partial charge is 0.496 e. The molecule has 104 valence electrons. The third-order valence-corrected chi connectivity index (χ3v) is 3.55. The summed E-state index contributed by atoms with van der Waals surface area (Å²) in [5.41, 5.74) is 0.977. The number of benzene rings is 1. The first kappa shape index (κ1) is 13.8. The van der Waals surface area contributed by atoms with E-state index < -0.39 is 0 Å². The maximum absolute atomic E-state index is 10.8. The van der Waals surface area contributed by atoms with Gasteiger partial charge in [0.2, 0.25) is 0 Å². The van der Waals surface area contributed by atoms with Gasteiger partial charge in [0.05, 0.1) is 18.1 Å². The number of hydrogen-bond donors (Lipinski definition) is 1. The van der Waals surface area contributed by atoms with Gasteiger partial charge in [-0.05, 0) is 30.4 Å². The van der Waals surface area contributed by atoms with Gasteiger partial charge in [-0.2, -0.15) is 0 Å². The lowest BCUT2D eigenvalue weighted by Crippen LogP contribution is -2.17. The molecule has 1 aliphatic rings. The van der Waals surface area contributed by atoms with Crippen LogP contribution < -0.4 is 10.1 Å². The van der Waals surface area contributed by atoms with Crippen LogP contribution in [0.15, 0.2) is 18.2 Å². The van der Waals surface area contributed by atoms with Gasteiger partial charge in [0, 0.05) is 18.7 Å². The minimum atomic E-state index is -0.386. The van der Waals surface area contributed by atoms with E-state index in [9.17, 15) is 10.1 Å². The molecule has 2 unspecified atom stereocenters. The minimum absolute atomic E-state index is 0.0806.